The standard InChI is InChI=1S/C11H19N3OS/c1-11(2,6-7-15)8-12-9-4-5-10(16-3)14-13-9/h4-5,15H,6-8H2,1-3H3,(H,12,13). The van der Waals surface area contributed by atoms with Crippen LogP contribution < -0.4 is 5.32 Å². The third-order valence-electron chi connectivity index (χ3n) is 2.39. The van der Waals surface area contributed by atoms with Crippen LogP contribution in [0.15, 0.2) is 17.2 Å². The fourth-order valence-corrected chi connectivity index (χ4v) is 1.57. The molecule has 1 rings (SSSR count). The maximum absolute atomic E-state index is 8.91. The Balaban J connectivity index is 2.48. The number of aliphatic hydroxyl groups is 1. The lowest BCUT2D eigenvalue weighted by atomic mass is 9.90. The normalized spacial score (nSPS) is 11.5. The van der Waals surface area contributed by atoms with E-state index in [1.54, 1.807) is 11.8 Å². The molecule has 0 aliphatic carbocycles. The molecular formula is C11H19N3OS. The van der Waals surface area contributed by atoms with Gasteiger partial charge in [0.25, 0.3) is 0 Å². The number of nitrogens with one attached hydrogen (secondary N) is 1. The van der Waals surface area contributed by atoms with Crippen LogP contribution in [0.4, 0.5) is 5.82 Å². The van der Waals surface area contributed by atoms with Gasteiger partial charge in [-0.1, -0.05) is 13.8 Å². The average Bonchev–Trinajstić information content (AvgIpc) is 2.27. The second-order valence-corrected chi connectivity index (χ2v) is 5.28. The van der Waals surface area contributed by atoms with Gasteiger partial charge in [0.1, 0.15) is 10.8 Å². The SMILES string of the molecule is CSc1ccc(NCC(C)(C)CCO)nn1. The van der Waals surface area contributed by atoms with E-state index in [0.29, 0.717) is 0 Å². The molecular weight excluding hydrogens is 222 g/mol. The number of anilines is 1. The number of thioether (sulfide) groups is 1. The second kappa shape index (κ2) is 6.06. The largest absolute Gasteiger partial charge is 0.396 e. The highest BCUT2D eigenvalue weighted by Gasteiger charge is 2.16. The molecule has 90 valence electrons. The summed E-state index contributed by atoms with van der Waals surface area (Å²) >= 11 is 1.57. The van der Waals surface area contributed by atoms with E-state index in [2.05, 4.69) is 29.4 Å². The number of hydrogen-bond donors (Lipinski definition) is 2. The topological polar surface area (TPSA) is 58.0 Å². The van der Waals surface area contributed by atoms with Crippen molar-refractivity contribution in [3.63, 3.8) is 0 Å². The van der Waals surface area contributed by atoms with Gasteiger partial charge in [-0.2, -0.15) is 0 Å². The lowest BCUT2D eigenvalue weighted by Gasteiger charge is -2.23. The molecule has 0 saturated carbocycles. The van der Waals surface area contributed by atoms with Crippen LogP contribution in [-0.2, 0) is 0 Å². The first-order valence-corrected chi connectivity index (χ1v) is 6.52. The summed E-state index contributed by atoms with van der Waals surface area (Å²) in [4.78, 5) is 0. The molecule has 0 bridgehead atoms. The number of hydrogen-bond acceptors (Lipinski definition) is 5. The maximum atomic E-state index is 8.91. The summed E-state index contributed by atoms with van der Waals surface area (Å²) in [5.74, 6) is 0.781. The molecule has 0 radical (unpaired) electrons. The molecule has 1 heterocycles. The van der Waals surface area contributed by atoms with Crippen LogP contribution in [0.3, 0.4) is 0 Å². The Morgan fingerprint density at radius 2 is 2.12 bits per heavy atom. The minimum absolute atomic E-state index is 0.0641. The van der Waals surface area contributed by atoms with Gasteiger partial charge < -0.3 is 10.4 Å². The van der Waals surface area contributed by atoms with Crippen LogP contribution in [0.2, 0.25) is 0 Å². The third kappa shape index (κ3) is 4.37. The Morgan fingerprint density at radius 1 is 1.38 bits per heavy atom. The monoisotopic (exact) mass is 241 g/mol. The minimum atomic E-state index is 0.0641. The lowest BCUT2D eigenvalue weighted by Crippen LogP contribution is -2.24. The summed E-state index contributed by atoms with van der Waals surface area (Å²) in [6, 6.07) is 3.87. The van der Waals surface area contributed by atoms with Crippen LogP contribution in [0.25, 0.3) is 0 Å². The summed E-state index contributed by atoms with van der Waals surface area (Å²) in [7, 11) is 0. The number of aromatic nitrogens is 2. The molecule has 0 aromatic carbocycles. The lowest BCUT2D eigenvalue weighted by molar-refractivity contribution is 0.220. The maximum Gasteiger partial charge on any atom is 0.148 e. The zero-order valence-electron chi connectivity index (χ0n) is 10.0. The number of aliphatic hydroxyl groups excluding tert-OH is 1. The first-order chi connectivity index (χ1) is 7.57. The van der Waals surface area contributed by atoms with E-state index < -0.39 is 0 Å². The molecule has 0 unspecified atom stereocenters. The van der Waals surface area contributed by atoms with Crippen molar-refractivity contribution >= 4 is 17.6 Å². The molecule has 0 amide bonds. The van der Waals surface area contributed by atoms with Crippen LogP contribution in [0.1, 0.15) is 20.3 Å². The van der Waals surface area contributed by atoms with E-state index in [4.69, 9.17) is 5.11 Å². The van der Waals surface area contributed by atoms with Crippen molar-refractivity contribution in [2.75, 3.05) is 24.7 Å². The molecule has 2 N–H and O–H groups in total. The van der Waals surface area contributed by atoms with Gasteiger partial charge in [-0.3, -0.25) is 0 Å². The summed E-state index contributed by atoms with van der Waals surface area (Å²) in [5, 5.41) is 21.2. The van der Waals surface area contributed by atoms with Crippen LogP contribution in [-0.4, -0.2) is 34.7 Å². The molecule has 0 spiro atoms. The van der Waals surface area contributed by atoms with Crippen LogP contribution in [0.5, 0.6) is 0 Å². The Hall–Kier alpha value is -0.810. The van der Waals surface area contributed by atoms with Crippen molar-refractivity contribution < 1.29 is 5.11 Å². The summed E-state index contributed by atoms with van der Waals surface area (Å²) in [6.07, 6.45) is 2.75. The van der Waals surface area contributed by atoms with Gasteiger partial charge in [-0.15, -0.1) is 22.0 Å². The Morgan fingerprint density at radius 3 is 2.62 bits per heavy atom. The van der Waals surface area contributed by atoms with Crippen molar-refractivity contribution in [1.29, 1.82) is 0 Å². The van der Waals surface area contributed by atoms with Crippen molar-refractivity contribution in [1.82, 2.24) is 10.2 Å². The van der Waals surface area contributed by atoms with Gasteiger partial charge in [0, 0.05) is 13.2 Å². The van der Waals surface area contributed by atoms with Crippen LogP contribution >= 0.6 is 11.8 Å². The Bertz CT molecular complexity index is 314. The average molecular weight is 241 g/mol. The van der Waals surface area contributed by atoms with E-state index in [1.807, 2.05) is 18.4 Å². The summed E-state index contributed by atoms with van der Waals surface area (Å²) in [5.41, 5.74) is 0.0641. The predicted octanol–water partition coefficient (Wildman–Crippen LogP) is 2.02. The molecule has 0 aliphatic heterocycles. The quantitative estimate of drug-likeness (QED) is 0.746. The zero-order valence-corrected chi connectivity index (χ0v) is 10.8. The highest BCUT2D eigenvalue weighted by molar-refractivity contribution is 7.98. The summed E-state index contributed by atoms with van der Waals surface area (Å²) in [6.45, 7) is 5.21. The molecule has 0 atom stereocenters. The Kier molecular flexibility index (Phi) is 5.02. The zero-order chi connectivity index (χ0) is 12.0. The minimum Gasteiger partial charge on any atom is -0.396 e. The smallest absolute Gasteiger partial charge is 0.148 e. The van der Waals surface area contributed by atoms with Gasteiger partial charge >= 0.3 is 0 Å². The van der Waals surface area contributed by atoms with Crippen LogP contribution in [0, 0.1) is 5.41 Å². The van der Waals surface area contributed by atoms with Crippen molar-refractivity contribution in [3.05, 3.63) is 12.1 Å². The van der Waals surface area contributed by atoms with Gasteiger partial charge in [0.05, 0.1) is 0 Å². The van der Waals surface area contributed by atoms with Crippen molar-refractivity contribution in [2.24, 2.45) is 5.41 Å². The summed E-state index contributed by atoms with van der Waals surface area (Å²) < 4.78 is 0. The fraction of sp³-hybridized carbons (Fsp3) is 0.636. The van der Waals surface area contributed by atoms with Gasteiger partial charge in [-0.05, 0) is 30.2 Å². The van der Waals surface area contributed by atoms with Crippen molar-refractivity contribution in [2.45, 2.75) is 25.3 Å². The number of nitrogens with zero attached hydrogens (tertiary/aromatic N) is 2. The molecule has 0 fully saturated rings. The highest BCUT2D eigenvalue weighted by atomic mass is 32.2. The molecule has 0 aliphatic rings. The second-order valence-electron chi connectivity index (χ2n) is 4.45. The third-order valence-corrected chi connectivity index (χ3v) is 3.02. The first kappa shape index (κ1) is 13.3. The van der Waals surface area contributed by atoms with E-state index in [-0.39, 0.29) is 12.0 Å². The molecule has 4 nitrogen and oxygen atoms in total. The molecule has 1 aromatic rings. The molecule has 16 heavy (non-hydrogen) atoms. The number of rotatable bonds is 6. The fourth-order valence-electron chi connectivity index (χ4n) is 1.24. The Labute approximate surface area is 101 Å². The van der Waals surface area contributed by atoms with Gasteiger partial charge in [0.2, 0.25) is 0 Å². The van der Waals surface area contributed by atoms with Gasteiger partial charge in [0.15, 0.2) is 0 Å². The molecule has 0 saturated heterocycles. The van der Waals surface area contributed by atoms with E-state index >= 15 is 0 Å². The molecule has 1 aromatic heterocycles. The van der Waals surface area contributed by atoms with Crippen molar-refractivity contribution in [3.8, 4) is 0 Å². The van der Waals surface area contributed by atoms with Gasteiger partial charge in [-0.25, -0.2) is 0 Å². The predicted molar refractivity (Wildman–Crippen MR) is 67.8 cm³/mol. The highest BCUT2D eigenvalue weighted by Crippen LogP contribution is 2.20. The molecule has 5 heteroatoms. The van der Waals surface area contributed by atoms with E-state index in [1.165, 1.54) is 0 Å². The van der Waals surface area contributed by atoms with E-state index in [9.17, 15) is 0 Å². The first-order valence-electron chi connectivity index (χ1n) is 5.30. The van der Waals surface area contributed by atoms with E-state index in [0.717, 1.165) is 23.8 Å².